The zero-order valence-electron chi connectivity index (χ0n) is 7.47. The Balaban J connectivity index is 2.41. The van der Waals surface area contributed by atoms with Gasteiger partial charge in [-0.3, -0.25) is 0 Å². The van der Waals surface area contributed by atoms with Crippen molar-refractivity contribution >= 4 is 31.8 Å². The third kappa shape index (κ3) is 1.80. The van der Waals surface area contributed by atoms with Crippen molar-refractivity contribution < 1.29 is 13.2 Å². The number of hydrogen-bond acceptors (Lipinski definition) is 5. The summed E-state index contributed by atoms with van der Waals surface area (Å²) in [5.74, 6) is 0.839. The summed E-state index contributed by atoms with van der Waals surface area (Å²) in [7, 11) is -3.86. The lowest BCUT2D eigenvalue weighted by molar-refractivity contribution is 0.250. The number of fused-ring (bicyclic) bond motifs is 1. The van der Waals surface area contributed by atoms with E-state index in [0.29, 0.717) is 11.6 Å². The first-order valence-corrected chi connectivity index (χ1v) is 6.35. The number of nitrogens with two attached hydrogens (primary N) is 1. The van der Waals surface area contributed by atoms with Crippen LogP contribution in [0.25, 0.3) is 0 Å². The van der Waals surface area contributed by atoms with Crippen LogP contribution in [-0.2, 0) is 10.0 Å². The fraction of sp³-hybridized carbons (Fsp3) is 0.286. The van der Waals surface area contributed by atoms with Crippen LogP contribution in [0.15, 0.2) is 18.3 Å². The first-order chi connectivity index (χ1) is 6.92. The number of anilines is 1. The molecule has 15 heavy (non-hydrogen) atoms. The van der Waals surface area contributed by atoms with Crippen LogP contribution in [0.1, 0.15) is 0 Å². The minimum absolute atomic E-state index is 0.00412. The molecule has 0 saturated carbocycles. The molecular weight excluding hydrogens is 286 g/mol. The van der Waals surface area contributed by atoms with Crippen molar-refractivity contribution in [3.63, 3.8) is 0 Å². The molecule has 6 nitrogen and oxygen atoms in total. The second-order valence-electron chi connectivity index (χ2n) is 3.01. The summed E-state index contributed by atoms with van der Waals surface area (Å²) in [5, 5.41) is 7.86. The number of rotatable bonds is 1. The largest absolute Gasteiger partial charge is 0.454 e. The molecule has 82 valence electrons. The van der Waals surface area contributed by atoms with Crippen molar-refractivity contribution in [1.82, 2.24) is 4.98 Å². The standard InChI is InChI=1S/C7H8BrN3O3S/c8-7(15(9,12)13)4-11-6-5(14-7)2-1-3-10-6/h1-3H,4H2,(H,10,11)(H2,9,12,13). The molecule has 2 rings (SSSR count). The lowest BCUT2D eigenvalue weighted by atomic mass is 10.4. The molecule has 0 saturated heterocycles. The fourth-order valence-corrected chi connectivity index (χ4v) is 1.95. The number of alkyl halides is 1. The molecule has 1 aliphatic heterocycles. The number of hydrogen-bond donors (Lipinski definition) is 2. The van der Waals surface area contributed by atoms with Gasteiger partial charge in [-0.05, 0) is 28.1 Å². The zero-order chi connectivity index (χ0) is 11.1. The van der Waals surface area contributed by atoms with Gasteiger partial charge in [0.15, 0.2) is 11.6 Å². The minimum atomic E-state index is -3.86. The smallest absolute Gasteiger partial charge is 0.293 e. The fourth-order valence-electron chi connectivity index (χ4n) is 1.15. The van der Waals surface area contributed by atoms with E-state index in [2.05, 4.69) is 26.2 Å². The van der Waals surface area contributed by atoms with E-state index in [1.807, 2.05) is 0 Å². The topological polar surface area (TPSA) is 94.3 Å². The van der Waals surface area contributed by atoms with Crippen LogP contribution in [0.3, 0.4) is 0 Å². The van der Waals surface area contributed by atoms with Crippen LogP contribution in [0, 0.1) is 0 Å². The van der Waals surface area contributed by atoms with E-state index in [1.54, 1.807) is 18.3 Å². The van der Waals surface area contributed by atoms with Crippen molar-refractivity contribution in [3.05, 3.63) is 18.3 Å². The van der Waals surface area contributed by atoms with Gasteiger partial charge in [0.25, 0.3) is 13.9 Å². The Morgan fingerprint density at radius 2 is 2.40 bits per heavy atom. The second kappa shape index (κ2) is 3.32. The number of sulfonamides is 1. The SMILES string of the molecule is NS(=O)(=O)C1(Br)CNc2ncccc2O1. The van der Waals surface area contributed by atoms with Crippen molar-refractivity contribution in [3.8, 4) is 5.75 Å². The Bertz CT molecular complexity index is 492. The van der Waals surface area contributed by atoms with Gasteiger partial charge < -0.3 is 10.1 Å². The van der Waals surface area contributed by atoms with Gasteiger partial charge in [-0.15, -0.1) is 0 Å². The predicted molar refractivity (Wildman–Crippen MR) is 58.1 cm³/mol. The molecule has 0 amide bonds. The highest BCUT2D eigenvalue weighted by Gasteiger charge is 2.44. The third-order valence-corrected chi connectivity index (χ3v) is 4.80. The van der Waals surface area contributed by atoms with E-state index in [0.717, 1.165) is 0 Å². The monoisotopic (exact) mass is 293 g/mol. The number of halogens is 1. The van der Waals surface area contributed by atoms with Gasteiger partial charge in [0.2, 0.25) is 0 Å². The Kier molecular flexibility index (Phi) is 2.36. The van der Waals surface area contributed by atoms with E-state index in [-0.39, 0.29) is 6.54 Å². The highest BCUT2D eigenvalue weighted by atomic mass is 79.9. The second-order valence-corrected chi connectivity index (χ2v) is 6.57. The van der Waals surface area contributed by atoms with E-state index in [4.69, 9.17) is 9.88 Å². The number of primary sulfonamides is 1. The summed E-state index contributed by atoms with van der Waals surface area (Å²) < 4.78 is 26.2. The third-order valence-electron chi connectivity index (χ3n) is 1.92. The number of aromatic nitrogens is 1. The Hall–Kier alpha value is -0.860. The molecule has 1 aromatic heterocycles. The summed E-state index contributed by atoms with van der Waals surface area (Å²) in [6.45, 7) is -0.00412. The molecule has 1 unspecified atom stereocenters. The van der Waals surface area contributed by atoms with Gasteiger partial charge >= 0.3 is 0 Å². The maximum absolute atomic E-state index is 11.3. The zero-order valence-corrected chi connectivity index (χ0v) is 9.88. The summed E-state index contributed by atoms with van der Waals surface area (Å²) in [6, 6.07) is 3.25. The first-order valence-electron chi connectivity index (χ1n) is 4.01. The summed E-state index contributed by atoms with van der Waals surface area (Å²) >= 11 is 2.96. The van der Waals surface area contributed by atoms with Crippen molar-refractivity contribution in [2.75, 3.05) is 11.9 Å². The molecule has 0 spiro atoms. The quantitative estimate of drug-likeness (QED) is 0.723. The number of nitrogens with one attached hydrogen (secondary N) is 1. The van der Waals surface area contributed by atoms with Crippen LogP contribution < -0.4 is 15.2 Å². The van der Waals surface area contributed by atoms with Gasteiger partial charge in [-0.25, -0.2) is 18.5 Å². The molecule has 2 heterocycles. The number of pyridine rings is 1. The molecular formula is C7H8BrN3O3S. The van der Waals surface area contributed by atoms with Crippen molar-refractivity contribution in [2.24, 2.45) is 5.14 Å². The maximum Gasteiger partial charge on any atom is 0.293 e. The number of nitrogens with zero attached hydrogens (tertiary/aromatic N) is 1. The van der Waals surface area contributed by atoms with Crippen LogP contribution in [0.2, 0.25) is 0 Å². The number of ether oxygens (including phenoxy) is 1. The molecule has 0 fully saturated rings. The van der Waals surface area contributed by atoms with E-state index in [9.17, 15) is 8.42 Å². The molecule has 3 N–H and O–H groups in total. The highest BCUT2D eigenvalue weighted by molar-refractivity contribution is 9.11. The highest BCUT2D eigenvalue weighted by Crippen LogP contribution is 2.36. The first kappa shape index (κ1) is 10.7. The average molecular weight is 294 g/mol. The lowest BCUT2D eigenvalue weighted by Crippen LogP contribution is -2.50. The molecule has 8 heteroatoms. The maximum atomic E-state index is 11.3. The van der Waals surface area contributed by atoms with Gasteiger partial charge in [-0.1, -0.05) is 0 Å². The Labute approximate surface area is 95.0 Å². The molecule has 1 aromatic rings. The summed E-state index contributed by atoms with van der Waals surface area (Å²) in [4.78, 5) is 3.97. The van der Waals surface area contributed by atoms with Gasteiger partial charge in [0.05, 0.1) is 6.54 Å². The van der Waals surface area contributed by atoms with Crippen molar-refractivity contribution in [2.45, 2.75) is 3.84 Å². The average Bonchev–Trinajstić information content (AvgIpc) is 2.16. The normalized spacial score (nSPS) is 24.9. The molecule has 0 bridgehead atoms. The molecule has 0 aliphatic carbocycles. The molecule has 1 aliphatic rings. The van der Waals surface area contributed by atoms with E-state index < -0.39 is 13.9 Å². The molecule has 0 aromatic carbocycles. The van der Waals surface area contributed by atoms with E-state index in [1.165, 1.54) is 0 Å². The van der Waals surface area contributed by atoms with Crippen LogP contribution in [0.5, 0.6) is 5.75 Å². The van der Waals surface area contributed by atoms with Crippen LogP contribution in [0.4, 0.5) is 5.82 Å². The molecule has 0 radical (unpaired) electrons. The van der Waals surface area contributed by atoms with Gasteiger partial charge in [-0.2, -0.15) is 0 Å². The van der Waals surface area contributed by atoms with Crippen molar-refractivity contribution in [1.29, 1.82) is 0 Å². The van der Waals surface area contributed by atoms with Crippen LogP contribution in [-0.4, -0.2) is 23.8 Å². The summed E-state index contributed by atoms with van der Waals surface area (Å²) in [5.41, 5.74) is 0. The van der Waals surface area contributed by atoms with E-state index >= 15 is 0 Å². The molecule has 1 atom stereocenters. The summed E-state index contributed by atoms with van der Waals surface area (Å²) in [6.07, 6.45) is 1.58. The minimum Gasteiger partial charge on any atom is -0.454 e. The Morgan fingerprint density at radius 3 is 3.07 bits per heavy atom. The lowest BCUT2D eigenvalue weighted by Gasteiger charge is -2.31. The van der Waals surface area contributed by atoms with Gasteiger partial charge in [0.1, 0.15) is 0 Å². The predicted octanol–water partition coefficient (Wildman–Crippen LogP) is 0.223. The Morgan fingerprint density at radius 1 is 1.67 bits per heavy atom. The van der Waals surface area contributed by atoms with Gasteiger partial charge in [0, 0.05) is 6.20 Å². The van der Waals surface area contributed by atoms with Crippen LogP contribution >= 0.6 is 15.9 Å².